The molecule has 0 saturated carbocycles. The van der Waals surface area contributed by atoms with Crippen LogP contribution in [-0.2, 0) is 32.7 Å². The number of hydrogen-bond acceptors (Lipinski definition) is 8. The van der Waals surface area contributed by atoms with E-state index in [4.69, 9.17) is 18.5 Å². The number of ether oxygens (including phenoxy) is 2. The third kappa shape index (κ3) is 74.7. The van der Waals surface area contributed by atoms with Crippen molar-refractivity contribution in [2.24, 2.45) is 0 Å². The Morgan fingerprint density at radius 1 is 0.344 bits per heavy atom. The molecule has 0 aromatic carbocycles. The smallest absolute Gasteiger partial charge is 0.306 e. The van der Waals surface area contributed by atoms with Gasteiger partial charge in [0.05, 0.1) is 27.7 Å². The number of hydrogen-bond donors (Lipinski definition) is 0. The predicted molar refractivity (Wildman–Crippen MR) is 388 cm³/mol. The summed E-state index contributed by atoms with van der Waals surface area (Å²) < 4.78 is 34.4. The highest BCUT2D eigenvalue weighted by atomic mass is 31.2. The molecule has 0 aliphatic carbocycles. The molecule has 10 heteroatoms. The summed E-state index contributed by atoms with van der Waals surface area (Å²) in [5, 5.41) is 0. The number of likely N-dealkylation sites (N-methyl/N-ethyl adjacent to an activating group) is 1. The molecule has 528 valence electrons. The molecular formula is C80H150NO8P. The highest BCUT2D eigenvalue weighted by molar-refractivity contribution is 7.45. The Bertz CT molecular complexity index is 1700. The zero-order valence-electron chi connectivity index (χ0n) is 60.4. The Labute approximate surface area is 559 Å². The molecule has 2 unspecified atom stereocenters. The summed E-state index contributed by atoms with van der Waals surface area (Å²) in [4.78, 5) is 38.2. The summed E-state index contributed by atoms with van der Waals surface area (Å²) in [6.07, 6.45) is 94.8. The van der Waals surface area contributed by atoms with Gasteiger partial charge in [-0.25, -0.2) is 0 Å². The van der Waals surface area contributed by atoms with Gasteiger partial charge in [-0.2, -0.15) is 0 Å². The van der Waals surface area contributed by atoms with Crippen LogP contribution < -0.4 is 4.89 Å². The molecule has 0 saturated heterocycles. The van der Waals surface area contributed by atoms with Gasteiger partial charge in [0.25, 0.3) is 7.82 Å². The van der Waals surface area contributed by atoms with Crippen LogP contribution in [0.1, 0.15) is 386 Å². The van der Waals surface area contributed by atoms with E-state index in [0.717, 1.165) is 51.4 Å². The fourth-order valence-electron chi connectivity index (χ4n) is 11.5. The SMILES string of the molecule is CCCCCCC/C=C\C/C=C\C/C=C\CCCCCCCCCCCCCCCCCCCCCCCCC(=O)OC(COC(=O)CCCCCCCCCCCCCCCCCCC/C=C\C/C=C\CCCCCCC)COP(=O)([O-])OCC[N+](C)(C)C. The van der Waals surface area contributed by atoms with Gasteiger partial charge >= 0.3 is 11.9 Å². The molecule has 0 heterocycles. The van der Waals surface area contributed by atoms with Crippen molar-refractivity contribution in [1.82, 2.24) is 0 Å². The Morgan fingerprint density at radius 2 is 0.600 bits per heavy atom. The molecule has 0 radical (unpaired) electrons. The summed E-state index contributed by atoms with van der Waals surface area (Å²) in [5.41, 5.74) is 0. The van der Waals surface area contributed by atoms with Gasteiger partial charge in [-0.15, -0.1) is 0 Å². The minimum atomic E-state index is -4.64. The fourth-order valence-corrected chi connectivity index (χ4v) is 12.3. The number of rotatable bonds is 73. The highest BCUT2D eigenvalue weighted by Crippen LogP contribution is 2.38. The first kappa shape index (κ1) is 87.7. The Hall–Kier alpha value is -2.29. The van der Waals surface area contributed by atoms with E-state index >= 15 is 0 Å². The molecule has 0 aromatic heterocycles. The maximum absolute atomic E-state index is 12.9. The number of quaternary nitrogens is 1. The molecule has 0 aromatic rings. The van der Waals surface area contributed by atoms with Crippen molar-refractivity contribution in [3.8, 4) is 0 Å². The van der Waals surface area contributed by atoms with Crippen LogP contribution in [0.25, 0.3) is 0 Å². The average Bonchev–Trinajstić information content (AvgIpc) is 3.58. The molecular weight excluding hydrogens is 1130 g/mol. The second-order valence-electron chi connectivity index (χ2n) is 27.7. The lowest BCUT2D eigenvalue weighted by molar-refractivity contribution is -0.870. The van der Waals surface area contributed by atoms with Crippen LogP contribution in [0.15, 0.2) is 60.8 Å². The first-order valence-corrected chi connectivity index (χ1v) is 40.5. The van der Waals surface area contributed by atoms with Crippen LogP contribution in [0.5, 0.6) is 0 Å². The van der Waals surface area contributed by atoms with Gasteiger partial charge < -0.3 is 27.9 Å². The minimum Gasteiger partial charge on any atom is -0.756 e. The predicted octanol–water partition coefficient (Wildman–Crippen LogP) is 25.1. The molecule has 9 nitrogen and oxygen atoms in total. The number of esters is 2. The average molecular weight is 1290 g/mol. The van der Waals surface area contributed by atoms with Crippen LogP contribution in [-0.4, -0.2) is 70.0 Å². The molecule has 0 N–H and O–H groups in total. The summed E-state index contributed by atoms with van der Waals surface area (Å²) in [5.74, 6) is -0.813. The van der Waals surface area contributed by atoms with E-state index in [2.05, 4.69) is 74.6 Å². The first-order valence-electron chi connectivity index (χ1n) is 39.0. The Balaban J connectivity index is 3.94. The molecule has 0 amide bonds. The lowest BCUT2D eigenvalue weighted by Gasteiger charge is -2.28. The largest absolute Gasteiger partial charge is 0.756 e. The second-order valence-corrected chi connectivity index (χ2v) is 29.1. The van der Waals surface area contributed by atoms with Crippen molar-refractivity contribution in [3.05, 3.63) is 60.8 Å². The van der Waals surface area contributed by atoms with Crippen LogP contribution >= 0.6 is 7.82 Å². The lowest BCUT2D eigenvalue weighted by atomic mass is 10.0. The quantitative estimate of drug-likeness (QED) is 0.0195. The van der Waals surface area contributed by atoms with Gasteiger partial charge in [-0.1, -0.05) is 351 Å². The van der Waals surface area contributed by atoms with Gasteiger partial charge in [0.1, 0.15) is 19.8 Å². The number of carbonyl (C=O) groups excluding carboxylic acids is 2. The van der Waals surface area contributed by atoms with Gasteiger partial charge in [0.2, 0.25) is 0 Å². The van der Waals surface area contributed by atoms with Crippen LogP contribution in [0.2, 0.25) is 0 Å². The van der Waals surface area contributed by atoms with E-state index in [9.17, 15) is 19.0 Å². The van der Waals surface area contributed by atoms with Crippen molar-refractivity contribution < 1.29 is 42.1 Å². The van der Waals surface area contributed by atoms with Crippen LogP contribution in [0.3, 0.4) is 0 Å². The van der Waals surface area contributed by atoms with E-state index in [1.807, 2.05) is 21.1 Å². The number of phosphoric acid groups is 1. The zero-order valence-corrected chi connectivity index (χ0v) is 61.2. The van der Waals surface area contributed by atoms with E-state index in [1.54, 1.807) is 0 Å². The third-order valence-electron chi connectivity index (χ3n) is 17.5. The maximum atomic E-state index is 12.9. The number of nitrogens with zero attached hydrogens (tertiary/aromatic N) is 1. The molecule has 0 rings (SSSR count). The summed E-state index contributed by atoms with van der Waals surface area (Å²) >= 11 is 0. The Kier molecular flexibility index (Phi) is 69.2. The van der Waals surface area contributed by atoms with Crippen molar-refractivity contribution in [2.75, 3.05) is 47.5 Å². The number of unbranched alkanes of at least 4 members (excludes halogenated alkanes) is 49. The summed E-state index contributed by atoms with van der Waals surface area (Å²) in [6, 6.07) is 0. The molecule has 2 atom stereocenters. The van der Waals surface area contributed by atoms with E-state index < -0.39 is 26.5 Å². The van der Waals surface area contributed by atoms with Gasteiger partial charge in [0.15, 0.2) is 6.10 Å². The molecule has 0 fully saturated rings. The third-order valence-corrected chi connectivity index (χ3v) is 18.5. The molecule has 0 spiro atoms. The fraction of sp³-hybridized carbons (Fsp3) is 0.850. The standard InChI is InChI=1S/C80H150NO8P/c1-6-8-10-12-14-16-18-20-22-24-26-28-30-32-34-36-37-38-39-40-41-42-43-45-47-49-51-53-55-57-59-61-63-65-67-69-71-73-80(83)89-78(77-88-90(84,85)87-75-74-81(3,4)5)76-86-79(82)72-70-68-66-64-62-60-58-56-54-52-50-48-46-44-35-33-31-29-27-25-23-21-19-17-15-13-11-9-7-2/h18-21,24-27,30,32,78H,6-17,22-23,28-29,31,33-77H2,1-5H3/b20-18-,21-19-,26-24-,27-25-,32-30-. The summed E-state index contributed by atoms with van der Waals surface area (Å²) in [7, 11) is 1.18. The normalized spacial score (nSPS) is 13.4. The topological polar surface area (TPSA) is 111 Å². The zero-order chi connectivity index (χ0) is 65.5. The van der Waals surface area contributed by atoms with Crippen molar-refractivity contribution in [3.63, 3.8) is 0 Å². The van der Waals surface area contributed by atoms with Gasteiger partial charge in [-0.05, 0) is 83.5 Å². The second kappa shape index (κ2) is 71.0. The number of carbonyl (C=O) groups is 2. The van der Waals surface area contributed by atoms with Gasteiger partial charge in [0, 0.05) is 12.8 Å². The lowest BCUT2D eigenvalue weighted by Crippen LogP contribution is -2.37. The highest BCUT2D eigenvalue weighted by Gasteiger charge is 2.22. The van der Waals surface area contributed by atoms with E-state index in [0.29, 0.717) is 17.4 Å². The van der Waals surface area contributed by atoms with Crippen molar-refractivity contribution >= 4 is 19.8 Å². The minimum absolute atomic E-state index is 0.0290. The molecule has 90 heavy (non-hydrogen) atoms. The van der Waals surface area contributed by atoms with Crippen molar-refractivity contribution in [2.45, 2.75) is 392 Å². The summed E-state index contributed by atoms with van der Waals surface area (Å²) in [6.45, 7) is 4.28. The Morgan fingerprint density at radius 3 is 0.889 bits per heavy atom. The first-order chi connectivity index (χ1) is 44.0. The van der Waals surface area contributed by atoms with Crippen LogP contribution in [0.4, 0.5) is 0 Å². The number of phosphoric ester groups is 1. The van der Waals surface area contributed by atoms with Crippen LogP contribution in [0, 0.1) is 0 Å². The van der Waals surface area contributed by atoms with Gasteiger partial charge in [-0.3, -0.25) is 14.2 Å². The van der Waals surface area contributed by atoms with E-state index in [-0.39, 0.29) is 32.0 Å². The van der Waals surface area contributed by atoms with Crippen molar-refractivity contribution in [1.29, 1.82) is 0 Å². The monoisotopic (exact) mass is 1280 g/mol. The number of allylic oxidation sites excluding steroid dienone is 10. The molecule has 0 aliphatic heterocycles. The van der Waals surface area contributed by atoms with E-state index in [1.165, 1.54) is 302 Å². The molecule has 0 bridgehead atoms. The maximum Gasteiger partial charge on any atom is 0.306 e. The molecule has 0 aliphatic rings.